The zero-order valence-electron chi connectivity index (χ0n) is 14.7. The Hall–Kier alpha value is -1.12. The van der Waals surface area contributed by atoms with Gasteiger partial charge in [-0.25, -0.2) is 8.42 Å². The zero-order valence-corrected chi connectivity index (χ0v) is 17.1. The Balaban J connectivity index is 1.86. The molecule has 1 aromatic rings. The molecule has 1 aromatic carbocycles. The fraction of sp³-hybridized carbons (Fsp3) is 0.588. The molecule has 1 aliphatic heterocycles. The van der Waals surface area contributed by atoms with Crippen molar-refractivity contribution in [3.8, 4) is 0 Å². The molecule has 1 heterocycles. The third-order valence-corrected chi connectivity index (χ3v) is 6.18. The summed E-state index contributed by atoms with van der Waals surface area (Å²) < 4.78 is 26.1. The van der Waals surface area contributed by atoms with Crippen molar-refractivity contribution in [2.24, 2.45) is 5.92 Å². The highest BCUT2D eigenvalue weighted by Gasteiger charge is 2.21. The van der Waals surface area contributed by atoms with E-state index >= 15 is 0 Å². The molecule has 0 bridgehead atoms. The molecule has 0 aliphatic carbocycles. The van der Waals surface area contributed by atoms with Crippen LogP contribution in [0, 0.1) is 5.92 Å². The quantitative estimate of drug-likeness (QED) is 0.716. The molecule has 2 rings (SSSR count). The van der Waals surface area contributed by atoms with Gasteiger partial charge in [0.1, 0.15) is 6.54 Å². The SMILES string of the molecule is CN1CCC(CCNC(=O)CN(c2ccc(Br)cc2)S(C)(=O)=O)CC1. The number of nitrogens with one attached hydrogen (secondary N) is 1. The molecule has 0 atom stereocenters. The summed E-state index contributed by atoms with van der Waals surface area (Å²) in [4.78, 5) is 14.5. The van der Waals surface area contributed by atoms with Crippen molar-refractivity contribution < 1.29 is 13.2 Å². The smallest absolute Gasteiger partial charge is 0.240 e. The first-order chi connectivity index (χ1) is 11.8. The molecule has 1 N–H and O–H groups in total. The van der Waals surface area contributed by atoms with Crippen molar-refractivity contribution in [3.63, 3.8) is 0 Å². The number of anilines is 1. The number of amides is 1. The number of piperidine rings is 1. The average Bonchev–Trinajstić information content (AvgIpc) is 2.54. The van der Waals surface area contributed by atoms with Crippen LogP contribution in [0.2, 0.25) is 0 Å². The van der Waals surface area contributed by atoms with Gasteiger partial charge in [-0.05, 0) is 69.6 Å². The summed E-state index contributed by atoms with van der Waals surface area (Å²) in [5.41, 5.74) is 0.483. The van der Waals surface area contributed by atoms with Crippen LogP contribution in [-0.4, -0.2) is 58.7 Å². The molecule has 1 aliphatic rings. The van der Waals surface area contributed by atoms with Crippen LogP contribution in [0.5, 0.6) is 0 Å². The van der Waals surface area contributed by atoms with Gasteiger partial charge in [0.15, 0.2) is 0 Å². The first-order valence-corrected chi connectivity index (χ1v) is 11.1. The van der Waals surface area contributed by atoms with Gasteiger partial charge in [-0.3, -0.25) is 9.10 Å². The molecule has 0 saturated carbocycles. The molecule has 0 spiro atoms. The van der Waals surface area contributed by atoms with E-state index in [0.29, 0.717) is 18.2 Å². The monoisotopic (exact) mass is 431 g/mol. The van der Waals surface area contributed by atoms with Crippen LogP contribution in [0.4, 0.5) is 5.69 Å². The maximum Gasteiger partial charge on any atom is 0.240 e. The Kier molecular flexibility index (Phi) is 7.27. The highest BCUT2D eigenvalue weighted by atomic mass is 79.9. The standard InChI is InChI=1S/C17H26BrN3O3S/c1-20-11-8-14(9-12-20)7-10-19-17(22)13-21(25(2,23)24)16-5-3-15(18)4-6-16/h3-6,14H,7-13H2,1-2H3,(H,19,22). The lowest BCUT2D eigenvalue weighted by atomic mass is 9.94. The molecule has 6 nitrogen and oxygen atoms in total. The van der Waals surface area contributed by atoms with Gasteiger partial charge in [0, 0.05) is 11.0 Å². The van der Waals surface area contributed by atoms with E-state index in [0.717, 1.165) is 47.4 Å². The van der Waals surface area contributed by atoms with Crippen LogP contribution in [0.1, 0.15) is 19.3 Å². The third kappa shape index (κ3) is 6.60. The number of likely N-dealkylation sites (tertiary alicyclic amines) is 1. The Labute approximate surface area is 158 Å². The van der Waals surface area contributed by atoms with E-state index in [9.17, 15) is 13.2 Å². The molecule has 140 valence electrons. The molecular weight excluding hydrogens is 406 g/mol. The molecule has 0 radical (unpaired) electrons. The van der Waals surface area contributed by atoms with E-state index in [1.807, 2.05) is 0 Å². The second kappa shape index (κ2) is 9.00. The predicted octanol–water partition coefficient (Wildman–Crippen LogP) is 2.06. The number of halogens is 1. The van der Waals surface area contributed by atoms with Gasteiger partial charge >= 0.3 is 0 Å². The second-order valence-electron chi connectivity index (χ2n) is 6.63. The normalized spacial score (nSPS) is 16.6. The van der Waals surface area contributed by atoms with Crippen molar-refractivity contribution in [2.75, 3.05) is 43.8 Å². The molecule has 1 amide bonds. The van der Waals surface area contributed by atoms with Crippen LogP contribution in [0.15, 0.2) is 28.7 Å². The minimum Gasteiger partial charge on any atom is -0.355 e. The Bertz CT molecular complexity index is 671. The minimum absolute atomic E-state index is 0.201. The Morgan fingerprint density at radius 3 is 2.44 bits per heavy atom. The summed E-state index contributed by atoms with van der Waals surface area (Å²) in [6.07, 6.45) is 4.36. The maximum atomic E-state index is 12.2. The first-order valence-electron chi connectivity index (χ1n) is 8.44. The fourth-order valence-electron chi connectivity index (χ4n) is 2.96. The van der Waals surface area contributed by atoms with Crippen LogP contribution < -0.4 is 9.62 Å². The maximum absolute atomic E-state index is 12.2. The molecule has 8 heteroatoms. The van der Waals surface area contributed by atoms with E-state index in [1.165, 1.54) is 0 Å². The highest BCUT2D eigenvalue weighted by molar-refractivity contribution is 9.10. The molecule has 25 heavy (non-hydrogen) atoms. The van der Waals surface area contributed by atoms with Crippen molar-refractivity contribution in [1.82, 2.24) is 10.2 Å². The Morgan fingerprint density at radius 1 is 1.28 bits per heavy atom. The van der Waals surface area contributed by atoms with E-state index in [2.05, 4.69) is 33.2 Å². The number of nitrogens with zero attached hydrogens (tertiary/aromatic N) is 2. The first kappa shape index (κ1) is 20.2. The van der Waals surface area contributed by atoms with Crippen molar-refractivity contribution in [1.29, 1.82) is 0 Å². The summed E-state index contributed by atoms with van der Waals surface area (Å²) in [5, 5.41) is 2.86. The molecule has 0 aromatic heterocycles. The number of carbonyl (C=O) groups excluding carboxylic acids is 1. The molecule has 1 fully saturated rings. The lowest BCUT2D eigenvalue weighted by Gasteiger charge is -2.29. The van der Waals surface area contributed by atoms with Gasteiger partial charge in [-0.15, -0.1) is 0 Å². The Morgan fingerprint density at radius 2 is 1.88 bits per heavy atom. The van der Waals surface area contributed by atoms with Crippen molar-refractivity contribution in [2.45, 2.75) is 19.3 Å². The van der Waals surface area contributed by atoms with Gasteiger partial charge in [-0.1, -0.05) is 15.9 Å². The largest absolute Gasteiger partial charge is 0.355 e. The van der Waals surface area contributed by atoms with Crippen molar-refractivity contribution in [3.05, 3.63) is 28.7 Å². The second-order valence-corrected chi connectivity index (χ2v) is 9.45. The van der Waals surface area contributed by atoms with Crippen LogP contribution in [0.25, 0.3) is 0 Å². The number of carbonyl (C=O) groups is 1. The lowest BCUT2D eigenvalue weighted by molar-refractivity contribution is -0.119. The number of benzene rings is 1. The number of hydrogen-bond donors (Lipinski definition) is 1. The van der Waals surface area contributed by atoms with E-state index < -0.39 is 10.0 Å². The molecule has 1 saturated heterocycles. The van der Waals surface area contributed by atoms with E-state index in [1.54, 1.807) is 24.3 Å². The van der Waals surface area contributed by atoms with E-state index in [-0.39, 0.29) is 12.5 Å². The number of sulfonamides is 1. The average molecular weight is 432 g/mol. The fourth-order valence-corrected chi connectivity index (χ4v) is 4.08. The van der Waals surface area contributed by atoms with Gasteiger partial charge in [0.2, 0.25) is 15.9 Å². The highest BCUT2D eigenvalue weighted by Crippen LogP contribution is 2.21. The minimum atomic E-state index is -3.53. The van der Waals surface area contributed by atoms with Gasteiger partial charge in [0.25, 0.3) is 0 Å². The predicted molar refractivity (Wildman–Crippen MR) is 104 cm³/mol. The van der Waals surface area contributed by atoms with Crippen LogP contribution in [-0.2, 0) is 14.8 Å². The lowest BCUT2D eigenvalue weighted by Crippen LogP contribution is -2.41. The van der Waals surface area contributed by atoms with Crippen molar-refractivity contribution >= 4 is 37.5 Å². The van der Waals surface area contributed by atoms with E-state index in [4.69, 9.17) is 0 Å². The summed E-state index contributed by atoms with van der Waals surface area (Å²) in [6.45, 7) is 2.59. The van der Waals surface area contributed by atoms with Crippen LogP contribution in [0.3, 0.4) is 0 Å². The summed E-state index contributed by atoms with van der Waals surface area (Å²) in [5.74, 6) is 0.357. The topological polar surface area (TPSA) is 69.7 Å². The van der Waals surface area contributed by atoms with Gasteiger partial charge in [-0.2, -0.15) is 0 Å². The third-order valence-electron chi connectivity index (χ3n) is 4.52. The van der Waals surface area contributed by atoms with Gasteiger partial charge in [0.05, 0.1) is 11.9 Å². The zero-order chi connectivity index (χ0) is 18.4. The summed E-state index contributed by atoms with van der Waals surface area (Å²) in [7, 11) is -1.40. The molecular formula is C17H26BrN3O3S. The van der Waals surface area contributed by atoms with Crippen LogP contribution >= 0.6 is 15.9 Å². The number of rotatable bonds is 7. The summed E-state index contributed by atoms with van der Waals surface area (Å²) >= 11 is 3.32. The summed E-state index contributed by atoms with van der Waals surface area (Å²) in [6, 6.07) is 6.87. The van der Waals surface area contributed by atoms with Gasteiger partial charge < -0.3 is 10.2 Å². The molecule has 0 unspecified atom stereocenters. The number of hydrogen-bond acceptors (Lipinski definition) is 4.